The lowest BCUT2D eigenvalue weighted by atomic mass is 9.91. The maximum absolute atomic E-state index is 2.43. The van der Waals surface area contributed by atoms with Crippen LogP contribution in [-0.2, 0) is 0 Å². The maximum Gasteiger partial charge on any atom is -0.0199 e. The molecule has 1 saturated carbocycles. The highest BCUT2D eigenvalue weighted by Gasteiger charge is 2.33. The van der Waals surface area contributed by atoms with E-state index in [1.54, 1.807) is 0 Å². The van der Waals surface area contributed by atoms with E-state index in [2.05, 4.69) is 19.1 Å². The molecule has 0 amide bonds. The summed E-state index contributed by atoms with van der Waals surface area (Å²) >= 11 is 0. The smallest absolute Gasteiger partial charge is 0.0199 e. The second-order valence-corrected chi connectivity index (χ2v) is 3.45. The summed E-state index contributed by atoms with van der Waals surface area (Å²) in [5.41, 5.74) is 0. The van der Waals surface area contributed by atoms with Crippen molar-refractivity contribution in [1.82, 2.24) is 0 Å². The molecule has 0 N–H and O–H groups in total. The molecule has 1 fully saturated rings. The molecule has 0 saturated heterocycles. The van der Waals surface area contributed by atoms with Crippen LogP contribution in [0.15, 0.2) is 12.2 Å². The summed E-state index contributed by atoms with van der Waals surface area (Å²) < 4.78 is 0. The average Bonchev–Trinajstić information content (AvgIpc) is 2.45. The molecule has 0 aliphatic heterocycles. The van der Waals surface area contributed by atoms with E-state index < -0.39 is 0 Å². The predicted molar refractivity (Wildman–Crippen MR) is 39.1 cm³/mol. The standard InChI is InChI=1S/C9H14/c1-2-8-5-7-3-4-9(8)6-7/h3-4,7-9H,2,5-6H2,1H3/t7-,8+,9+/m1/s1. The van der Waals surface area contributed by atoms with Gasteiger partial charge in [-0.15, -0.1) is 0 Å². The van der Waals surface area contributed by atoms with Gasteiger partial charge >= 0.3 is 0 Å². The van der Waals surface area contributed by atoms with Crippen molar-refractivity contribution in [1.29, 1.82) is 0 Å². The summed E-state index contributed by atoms with van der Waals surface area (Å²) in [4.78, 5) is 0. The summed E-state index contributed by atoms with van der Waals surface area (Å²) in [6, 6.07) is 0. The van der Waals surface area contributed by atoms with Crippen LogP contribution in [0.25, 0.3) is 0 Å². The Bertz CT molecular complexity index is 135. The molecule has 0 aromatic carbocycles. The van der Waals surface area contributed by atoms with Gasteiger partial charge in [0.15, 0.2) is 0 Å². The molecule has 0 aromatic rings. The van der Waals surface area contributed by atoms with Crippen LogP contribution >= 0.6 is 0 Å². The highest BCUT2D eigenvalue weighted by Crippen LogP contribution is 2.44. The van der Waals surface area contributed by atoms with E-state index in [9.17, 15) is 0 Å². The van der Waals surface area contributed by atoms with Gasteiger partial charge in [0.25, 0.3) is 0 Å². The van der Waals surface area contributed by atoms with E-state index in [0.717, 1.165) is 17.8 Å². The average molecular weight is 122 g/mol. The van der Waals surface area contributed by atoms with Gasteiger partial charge in [-0.1, -0.05) is 25.5 Å². The van der Waals surface area contributed by atoms with Crippen molar-refractivity contribution >= 4 is 0 Å². The van der Waals surface area contributed by atoms with Crippen LogP contribution in [0.1, 0.15) is 26.2 Å². The van der Waals surface area contributed by atoms with Crippen LogP contribution in [0.3, 0.4) is 0 Å². The minimum absolute atomic E-state index is 0.972. The monoisotopic (exact) mass is 122 g/mol. The summed E-state index contributed by atoms with van der Waals surface area (Å²) in [5.74, 6) is 2.99. The largest absolute Gasteiger partial charge is 0.0851 e. The van der Waals surface area contributed by atoms with Gasteiger partial charge in [0, 0.05) is 0 Å². The van der Waals surface area contributed by atoms with Crippen LogP contribution in [0.5, 0.6) is 0 Å². The molecule has 2 rings (SSSR count). The molecule has 50 valence electrons. The Morgan fingerprint density at radius 2 is 2.22 bits per heavy atom. The molecule has 3 atom stereocenters. The quantitative estimate of drug-likeness (QED) is 0.469. The number of rotatable bonds is 1. The third kappa shape index (κ3) is 0.726. The Hall–Kier alpha value is -0.260. The van der Waals surface area contributed by atoms with Gasteiger partial charge in [0.2, 0.25) is 0 Å². The number of fused-ring (bicyclic) bond motifs is 2. The van der Waals surface area contributed by atoms with Gasteiger partial charge in [-0.2, -0.15) is 0 Å². The third-order valence-electron chi connectivity index (χ3n) is 2.94. The van der Waals surface area contributed by atoms with Crippen LogP contribution in [-0.4, -0.2) is 0 Å². The van der Waals surface area contributed by atoms with Crippen LogP contribution < -0.4 is 0 Å². The van der Waals surface area contributed by atoms with Crippen LogP contribution in [0.2, 0.25) is 0 Å². The van der Waals surface area contributed by atoms with Crippen LogP contribution in [0, 0.1) is 17.8 Å². The van der Waals surface area contributed by atoms with E-state index in [0.29, 0.717) is 0 Å². The molecule has 2 aliphatic carbocycles. The Balaban J connectivity index is 2.10. The molecule has 0 heterocycles. The highest BCUT2D eigenvalue weighted by molar-refractivity contribution is 5.09. The first-order valence-corrected chi connectivity index (χ1v) is 4.08. The van der Waals surface area contributed by atoms with E-state index in [1.165, 1.54) is 19.3 Å². The highest BCUT2D eigenvalue weighted by atomic mass is 14.4. The molecule has 0 nitrogen and oxygen atoms in total. The Morgan fingerprint density at radius 3 is 2.56 bits per heavy atom. The van der Waals surface area contributed by atoms with Gasteiger partial charge < -0.3 is 0 Å². The zero-order valence-electron chi connectivity index (χ0n) is 6.01. The fourth-order valence-corrected chi connectivity index (χ4v) is 2.36. The third-order valence-corrected chi connectivity index (χ3v) is 2.94. The van der Waals surface area contributed by atoms with Crippen molar-refractivity contribution in [2.24, 2.45) is 17.8 Å². The first-order valence-electron chi connectivity index (χ1n) is 4.08. The number of hydrogen-bond acceptors (Lipinski definition) is 0. The lowest BCUT2D eigenvalue weighted by Gasteiger charge is -2.14. The molecule has 0 aromatic heterocycles. The zero-order chi connectivity index (χ0) is 6.27. The zero-order valence-corrected chi connectivity index (χ0v) is 6.01. The van der Waals surface area contributed by atoms with Crippen molar-refractivity contribution in [3.8, 4) is 0 Å². The van der Waals surface area contributed by atoms with E-state index >= 15 is 0 Å². The normalized spacial score (nSPS) is 46.6. The second kappa shape index (κ2) is 1.86. The van der Waals surface area contributed by atoms with Crippen LogP contribution in [0.4, 0.5) is 0 Å². The van der Waals surface area contributed by atoms with Gasteiger partial charge in [-0.05, 0) is 30.6 Å². The minimum Gasteiger partial charge on any atom is -0.0851 e. The first-order chi connectivity index (χ1) is 4.40. The molecular formula is C9H14. The van der Waals surface area contributed by atoms with Gasteiger partial charge in [-0.25, -0.2) is 0 Å². The fourth-order valence-electron chi connectivity index (χ4n) is 2.36. The van der Waals surface area contributed by atoms with Gasteiger partial charge in [0.1, 0.15) is 0 Å². The molecule has 0 unspecified atom stereocenters. The molecule has 2 bridgehead atoms. The summed E-state index contributed by atoms with van der Waals surface area (Å²) in [5, 5.41) is 0. The summed E-state index contributed by atoms with van der Waals surface area (Å²) in [6.07, 6.45) is 9.20. The predicted octanol–water partition coefficient (Wildman–Crippen LogP) is 2.61. The SMILES string of the molecule is CC[C@H]1C[C@H]2C=C[C@H]1C2. The Labute approximate surface area is 57.0 Å². The molecular weight excluding hydrogens is 108 g/mol. The maximum atomic E-state index is 2.43. The van der Waals surface area contributed by atoms with Gasteiger partial charge in [0.05, 0.1) is 0 Å². The van der Waals surface area contributed by atoms with Crippen molar-refractivity contribution < 1.29 is 0 Å². The van der Waals surface area contributed by atoms with Crippen molar-refractivity contribution in [3.63, 3.8) is 0 Å². The first kappa shape index (κ1) is 5.52. The lowest BCUT2D eigenvalue weighted by molar-refractivity contribution is 0.434. The van der Waals surface area contributed by atoms with Crippen molar-refractivity contribution in [2.45, 2.75) is 26.2 Å². The second-order valence-electron chi connectivity index (χ2n) is 3.45. The lowest BCUT2D eigenvalue weighted by Crippen LogP contribution is -2.04. The molecule has 2 aliphatic rings. The van der Waals surface area contributed by atoms with Crippen molar-refractivity contribution in [3.05, 3.63) is 12.2 Å². The molecule has 0 spiro atoms. The van der Waals surface area contributed by atoms with Crippen molar-refractivity contribution in [2.75, 3.05) is 0 Å². The summed E-state index contributed by atoms with van der Waals surface area (Å²) in [7, 11) is 0. The Kier molecular flexibility index (Phi) is 1.14. The molecule has 0 radical (unpaired) electrons. The van der Waals surface area contributed by atoms with E-state index in [-0.39, 0.29) is 0 Å². The number of allylic oxidation sites excluding steroid dienone is 2. The Morgan fingerprint density at radius 1 is 1.33 bits per heavy atom. The minimum atomic E-state index is 0.972. The van der Waals surface area contributed by atoms with E-state index in [4.69, 9.17) is 0 Å². The molecule has 0 heteroatoms. The fraction of sp³-hybridized carbons (Fsp3) is 0.778. The van der Waals surface area contributed by atoms with Gasteiger partial charge in [-0.3, -0.25) is 0 Å². The van der Waals surface area contributed by atoms with E-state index in [1.807, 2.05) is 0 Å². The molecule has 9 heavy (non-hydrogen) atoms. The number of hydrogen-bond donors (Lipinski definition) is 0. The summed E-state index contributed by atoms with van der Waals surface area (Å²) in [6.45, 7) is 2.32. The topological polar surface area (TPSA) is 0 Å².